The van der Waals surface area contributed by atoms with E-state index in [-0.39, 0.29) is 39.3 Å². The largest absolute Gasteiger partial charge is 0.479 e. The van der Waals surface area contributed by atoms with Gasteiger partial charge in [0.15, 0.2) is 6.61 Å². The van der Waals surface area contributed by atoms with Crippen molar-refractivity contribution in [2.75, 3.05) is 13.2 Å². The fourth-order valence-corrected chi connectivity index (χ4v) is 2.30. The molecule has 0 atom stereocenters. The summed E-state index contributed by atoms with van der Waals surface area (Å²) >= 11 is 3.47. The number of nitriles is 1. The van der Waals surface area contributed by atoms with Gasteiger partial charge in [-0.1, -0.05) is 22.3 Å². The maximum atomic E-state index is 8.49. The topological polar surface area (TPSA) is 36.3 Å². The van der Waals surface area contributed by atoms with Gasteiger partial charge in [-0.25, -0.2) is 0 Å². The van der Waals surface area contributed by atoms with Crippen molar-refractivity contribution in [2.45, 2.75) is 6.92 Å². The molecule has 1 heterocycles. The molecule has 0 aliphatic carbocycles. The summed E-state index contributed by atoms with van der Waals surface area (Å²) in [6.45, 7) is 7.02. The van der Waals surface area contributed by atoms with Crippen LogP contribution in [0.2, 0.25) is 0 Å². The molecule has 5 heteroatoms. The van der Waals surface area contributed by atoms with Crippen LogP contribution in [0.15, 0.2) is 47.1 Å². The van der Waals surface area contributed by atoms with Gasteiger partial charge in [0.1, 0.15) is 11.8 Å². The SMILES string of the molecule is C=C1C(Br)=C[C-]=C(c2ccc(OCC#N)cc2)N1CC.[Y]. The molecule has 3 nitrogen and oxygen atoms in total. The monoisotopic (exact) mass is 418 g/mol. The molecule has 1 aliphatic heterocycles. The number of rotatable bonds is 4. The minimum Gasteiger partial charge on any atom is -0.479 e. The maximum Gasteiger partial charge on any atom is 0.174 e. The Balaban J connectivity index is 0.00000220. The molecule has 0 spiro atoms. The van der Waals surface area contributed by atoms with Crippen LogP contribution < -0.4 is 4.74 Å². The van der Waals surface area contributed by atoms with Gasteiger partial charge in [0.05, 0.1) is 0 Å². The number of likely N-dealkylation sites (N-methyl/N-ethyl adjacent to an activating group) is 1. The van der Waals surface area contributed by atoms with Gasteiger partial charge in [0, 0.05) is 39.3 Å². The molecule has 21 heavy (non-hydrogen) atoms. The summed E-state index contributed by atoms with van der Waals surface area (Å²) in [5.41, 5.74) is 2.94. The summed E-state index contributed by atoms with van der Waals surface area (Å²) in [7, 11) is 0. The molecule has 105 valence electrons. The van der Waals surface area contributed by atoms with Gasteiger partial charge in [-0.3, -0.25) is 0 Å². The summed E-state index contributed by atoms with van der Waals surface area (Å²) in [5.74, 6) is 0.685. The average Bonchev–Trinajstić information content (AvgIpc) is 2.48. The van der Waals surface area contributed by atoms with E-state index in [9.17, 15) is 0 Å². The molecule has 1 aromatic carbocycles. The number of hydrogen-bond donors (Lipinski definition) is 0. The minimum absolute atomic E-state index is 0. The maximum absolute atomic E-state index is 8.49. The minimum atomic E-state index is 0. The van der Waals surface area contributed by atoms with Crippen LogP contribution in [0.25, 0.3) is 5.70 Å². The molecular formula is C16H14BrN2OY-. The van der Waals surface area contributed by atoms with Crippen LogP contribution in [-0.2, 0) is 32.7 Å². The second kappa shape index (κ2) is 8.53. The summed E-state index contributed by atoms with van der Waals surface area (Å²) in [5, 5.41) is 8.49. The van der Waals surface area contributed by atoms with Gasteiger partial charge >= 0.3 is 0 Å². The standard InChI is InChI=1S/C16H14BrN2O.Y/c1-3-19-12(2)15(17)8-9-16(19)13-4-6-14(7-5-13)20-11-10-18;/h4-8H,2-3,11H2,1H3;/q-1;. The zero-order valence-corrected chi connectivity index (χ0v) is 16.2. The predicted molar refractivity (Wildman–Crippen MR) is 82.7 cm³/mol. The first kappa shape index (κ1) is 18.2. The molecule has 0 N–H and O–H groups in total. The Morgan fingerprint density at radius 2 is 2.05 bits per heavy atom. The quantitative estimate of drug-likeness (QED) is 0.696. The van der Waals surface area contributed by atoms with Crippen LogP contribution in [0.5, 0.6) is 5.75 Å². The first-order chi connectivity index (χ1) is 9.67. The Morgan fingerprint density at radius 1 is 1.38 bits per heavy atom. The van der Waals surface area contributed by atoms with Gasteiger partial charge < -0.3 is 9.64 Å². The molecule has 2 rings (SSSR count). The van der Waals surface area contributed by atoms with Crippen molar-refractivity contribution in [1.29, 1.82) is 5.26 Å². The Morgan fingerprint density at radius 3 is 2.62 bits per heavy atom. The second-order valence-electron chi connectivity index (χ2n) is 4.15. The predicted octanol–water partition coefficient (Wildman–Crippen LogP) is 3.86. The van der Waals surface area contributed by atoms with Crippen molar-refractivity contribution in [3.63, 3.8) is 0 Å². The smallest absolute Gasteiger partial charge is 0.174 e. The van der Waals surface area contributed by atoms with Gasteiger partial charge in [0.2, 0.25) is 0 Å². The Kier molecular flexibility index (Phi) is 7.38. The van der Waals surface area contributed by atoms with Gasteiger partial charge in [-0.15, -0.1) is 28.1 Å². The van der Waals surface area contributed by atoms with Crippen molar-refractivity contribution in [1.82, 2.24) is 4.90 Å². The summed E-state index contributed by atoms with van der Waals surface area (Å²) < 4.78 is 6.19. The van der Waals surface area contributed by atoms with E-state index in [1.54, 1.807) is 0 Å². The van der Waals surface area contributed by atoms with Gasteiger partial charge in [0.25, 0.3) is 0 Å². The number of ether oxygens (including phenoxy) is 1. The van der Waals surface area contributed by atoms with Crippen LogP contribution in [-0.4, -0.2) is 18.1 Å². The third kappa shape index (κ3) is 4.29. The van der Waals surface area contributed by atoms with Gasteiger partial charge in [-0.2, -0.15) is 17.4 Å². The van der Waals surface area contributed by atoms with E-state index in [4.69, 9.17) is 10.00 Å². The normalized spacial score (nSPS) is 13.8. The zero-order chi connectivity index (χ0) is 14.5. The van der Waals surface area contributed by atoms with Crippen LogP contribution in [0.3, 0.4) is 0 Å². The molecule has 1 aromatic rings. The summed E-state index contributed by atoms with van der Waals surface area (Å²) in [6.07, 6.45) is 5.14. The van der Waals surface area contributed by atoms with E-state index in [2.05, 4.69) is 40.4 Å². The van der Waals surface area contributed by atoms with Gasteiger partial charge in [-0.05, 0) is 24.8 Å². The van der Waals surface area contributed by atoms with Crippen LogP contribution in [0.1, 0.15) is 12.5 Å². The zero-order valence-electron chi connectivity index (χ0n) is 11.8. The van der Waals surface area contributed by atoms with Crippen molar-refractivity contribution in [2.24, 2.45) is 0 Å². The van der Waals surface area contributed by atoms with E-state index in [1.807, 2.05) is 36.4 Å². The van der Waals surface area contributed by atoms with E-state index < -0.39 is 0 Å². The molecule has 0 amide bonds. The summed E-state index contributed by atoms with van der Waals surface area (Å²) in [4.78, 5) is 2.09. The number of hydrogen-bond acceptors (Lipinski definition) is 3. The molecule has 1 radical (unpaired) electrons. The third-order valence-electron chi connectivity index (χ3n) is 2.95. The van der Waals surface area contributed by atoms with E-state index in [0.29, 0.717) is 5.75 Å². The molecule has 1 aliphatic rings. The van der Waals surface area contributed by atoms with E-state index in [1.165, 1.54) is 0 Å². The molecule has 0 aromatic heterocycles. The van der Waals surface area contributed by atoms with Crippen molar-refractivity contribution in [3.05, 3.63) is 58.7 Å². The molecule has 0 bridgehead atoms. The molecule has 0 fully saturated rings. The Bertz CT molecular complexity index is 614. The molecular weight excluding hydrogens is 405 g/mol. The van der Waals surface area contributed by atoms with Crippen LogP contribution >= 0.6 is 15.9 Å². The number of nitrogens with zero attached hydrogens (tertiary/aromatic N) is 2. The summed E-state index contributed by atoms with van der Waals surface area (Å²) in [6, 6.07) is 9.57. The molecule has 0 saturated carbocycles. The van der Waals surface area contributed by atoms with E-state index >= 15 is 0 Å². The number of benzene rings is 1. The molecule has 0 unspecified atom stereocenters. The third-order valence-corrected chi connectivity index (χ3v) is 3.64. The van der Waals surface area contributed by atoms with E-state index in [0.717, 1.165) is 28.0 Å². The fourth-order valence-electron chi connectivity index (χ4n) is 1.97. The van der Waals surface area contributed by atoms with Crippen LogP contribution in [0, 0.1) is 17.4 Å². The van der Waals surface area contributed by atoms with Crippen molar-refractivity contribution < 1.29 is 37.4 Å². The van der Waals surface area contributed by atoms with Crippen molar-refractivity contribution in [3.8, 4) is 11.8 Å². The van der Waals surface area contributed by atoms with Crippen molar-refractivity contribution >= 4 is 21.6 Å². The number of allylic oxidation sites excluding steroid dienone is 3. The first-order valence-electron chi connectivity index (χ1n) is 6.23. The average molecular weight is 419 g/mol. The van der Waals surface area contributed by atoms with Crippen LogP contribution in [0.4, 0.5) is 0 Å². The molecule has 0 saturated heterocycles. The number of halogens is 1. The second-order valence-corrected chi connectivity index (χ2v) is 5.00. The Hall–Kier alpha value is -0.886. The fraction of sp³-hybridized carbons (Fsp3) is 0.188. The Labute approximate surface area is 159 Å². The first-order valence-corrected chi connectivity index (χ1v) is 7.02.